The van der Waals surface area contributed by atoms with E-state index < -0.39 is 17.5 Å². The van der Waals surface area contributed by atoms with E-state index in [9.17, 15) is 13.6 Å². The molecule has 9 heteroatoms. The second-order valence-electron chi connectivity index (χ2n) is 5.27. The van der Waals surface area contributed by atoms with Gasteiger partial charge in [-0.05, 0) is 81.7 Å². The lowest BCUT2D eigenvalue weighted by atomic mass is 10.1. The summed E-state index contributed by atoms with van der Waals surface area (Å²) in [6.07, 6.45) is 1.12. The van der Waals surface area contributed by atoms with E-state index in [2.05, 4.69) is 26.7 Å². The molecular weight excluding hydrogens is 525 g/mol. The quantitative estimate of drug-likeness (QED) is 0.262. The van der Waals surface area contributed by atoms with Crippen molar-refractivity contribution in [1.82, 2.24) is 5.48 Å². The number of nitrogens with one attached hydrogen (secondary N) is 2. The van der Waals surface area contributed by atoms with Gasteiger partial charge in [-0.25, -0.2) is 14.3 Å². The summed E-state index contributed by atoms with van der Waals surface area (Å²) in [5.74, 6) is -1.73. The number of aliphatic hydroxyl groups is 1. The summed E-state index contributed by atoms with van der Waals surface area (Å²) in [6, 6.07) is 6.90. The predicted molar refractivity (Wildman–Crippen MR) is 106 cm³/mol. The average Bonchev–Trinajstić information content (AvgIpc) is 2.60. The van der Waals surface area contributed by atoms with Crippen molar-refractivity contribution >= 4 is 55.8 Å². The number of hydrogen-bond acceptors (Lipinski definition) is 4. The van der Waals surface area contributed by atoms with Gasteiger partial charge in [-0.2, -0.15) is 0 Å². The standard InChI is InChI=1S/C17H16BrF2IN2O3/c18-12-8-11(17(25)23-26-6-2-1-5-24)16(9-13(12)19)22-15-4-3-10(21)7-14(15)20/h3-4,7-9,22,24H,1-2,5-6H2,(H,23,25). The van der Waals surface area contributed by atoms with Crippen molar-refractivity contribution in [2.75, 3.05) is 18.5 Å². The van der Waals surface area contributed by atoms with E-state index in [1.807, 2.05) is 22.6 Å². The summed E-state index contributed by atoms with van der Waals surface area (Å²) >= 11 is 5.01. The first-order chi connectivity index (χ1) is 12.4. The monoisotopic (exact) mass is 540 g/mol. The second kappa shape index (κ2) is 10.1. The molecule has 26 heavy (non-hydrogen) atoms. The van der Waals surface area contributed by atoms with Gasteiger partial charge < -0.3 is 10.4 Å². The smallest absolute Gasteiger partial charge is 0.276 e. The molecule has 2 aromatic carbocycles. The highest BCUT2D eigenvalue weighted by Crippen LogP contribution is 2.29. The van der Waals surface area contributed by atoms with Crippen LogP contribution in [0.15, 0.2) is 34.8 Å². The fraction of sp³-hybridized carbons (Fsp3) is 0.235. The largest absolute Gasteiger partial charge is 0.396 e. The zero-order valence-electron chi connectivity index (χ0n) is 13.5. The fourth-order valence-electron chi connectivity index (χ4n) is 2.03. The van der Waals surface area contributed by atoms with Crippen LogP contribution in [-0.2, 0) is 4.84 Å². The average molecular weight is 541 g/mol. The van der Waals surface area contributed by atoms with Gasteiger partial charge in [0.15, 0.2) is 0 Å². The SMILES string of the molecule is O=C(NOCCCCO)c1cc(Br)c(F)cc1Nc1ccc(I)cc1F. The van der Waals surface area contributed by atoms with E-state index in [1.54, 1.807) is 6.07 Å². The highest BCUT2D eigenvalue weighted by atomic mass is 127. The summed E-state index contributed by atoms with van der Waals surface area (Å²) in [4.78, 5) is 17.4. The molecule has 1 amide bonds. The van der Waals surface area contributed by atoms with Crippen molar-refractivity contribution in [2.24, 2.45) is 0 Å². The lowest BCUT2D eigenvalue weighted by Crippen LogP contribution is -2.25. The molecule has 0 saturated heterocycles. The minimum atomic E-state index is -0.608. The van der Waals surface area contributed by atoms with Gasteiger partial charge in [-0.1, -0.05) is 0 Å². The van der Waals surface area contributed by atoms with Gasteiger partial charge in [0.05, 0.1) is 28.0 Å². The highest BCUT2D eigenvalue weighted by molar-refractivity contribution is 14.1. The Kier molecular flexibility index (Phi) is 8.19. The van der Waals surface area contributed by atoms with Gasteiger partial charge in [0.2, 0.25) is 0 Å². The molecule has 3 N–H and O–H groups in total. The molecule has 0 saturated carbocycles. The minimum Gasteiger partial charge on any atom is -0.396 e. The van der Waals surface area contributed by atoms with Gasteiger partial charge in [-0.15, -0.1) is 0 Å². The summed E-state index contributed by atoms with van der Waals surface area (Å²) in [6.45, 7) is 0.265. The maximum absolute atomic E-state index is 14.1. The number of anilines is 2. The van der Waals surface area contributed by atoms with E-state index >= 15 is 0 Å². The number of carbonyl (C=O) groups is 1. The molecule has 2 aromatic rings. The molecule has 0 aliphatic heterocycles. The van der Waals surface area contributed by atoms with E-state index in [4.69, 9.17) is 9.94 Å². The van der Waals surface area contributed by atoms with Gasteiger partial charge in [0.25, 0.3) is 5.91 Å². The van der Waals surface area contributed by atoms with Gasteiger partial charge >= 0.3 is 0 Å². The third kappa shape index (κ3) is 5.86. The lowest BCUT2D eigenvalue weighted by molar-refractivity contribution is 0.0289. The third-order valence-corrected chi connectivity index (χ3v) is 4.60. The first kappa shape index (κ1) is 21.0. The fourth-order valence-corrected chi connectivity index (χ4v) is 2.83. The van der Waals surface area contributed by atoms with Crippen LogP contribution in [-0.4, -0.2) is 24.2 Å². The number of hydroxylamine groups is 1. The molecule has 0 unspecified atom stereocenters. The lowest BCUT2D eigenvalue weighted by Gasteiger charge is -2.14. The number of amides is 1. The molecule has 0 aliphatic carbocycles. The maximum Gasteiger partial charge on any atom is 0.276 e. The Morgan fingerprint density at radius 1 is 1.15 bits per heavy atom. The Hall–Kier alpha value is -1.30. The Labute approximate surface area is 171 Å². The van der Waals surface area contributed by atoms with Crippen LogP contribution in [0.3, 0.4) is 0 Å². The summed E-state index contributed by atoms with van der Waals surface area (Å²) in [5, 5.41) is 11.4. The van der Waals surface area contributed by atoms with Crippen molar-refractivity contribution in [1.29, 1.82) is 0 Å². The van der Waals surface area contributed by atoms with Crippen molar-refractivity contribution < 1.29 is 23.5 Å². The minimum absolute atomic E-state index is 0.0395. The molecular formula is C17H16BrF2IN2O3. The number of rotatable bonds is 8. The van der Waals surface area contributed by atoms with Gasteiger partial charge in [0, 0.05) is 10.2 Å². The second-order valence-corrected chi connectivity index (χ2v) is 7.37. The summed E-state index contributed by atoms with van der Waals surface area (Å²) in [7, 11) is 0. The first-order valence-electron chi connectivity index (χ1n) is 7.66. The zero-order valence-corrected chi connectivity index (χ0v) is 17.2. The predicted octanol–water partition coefficient (Wildman–Crippen LogP) is 4.51. The Balaban J connectivity index is 2.20. The van der Waals surface area contributed by atoms with Crippen LogP contribution in [0.25, 0.3) is 0 Å². The van der Waals surface area contributed by atoms with E-state index in [0.717, 1.165) is 6.07 Å². The topological polar surface area (TPSA) is 70.6 Å². The van der Waals surface area contributed by atoms with Crippen LogP contribution < -0.4 is 10.8 Å². The van der Waals surface area contributed by atoms with Crippen LogP contribution in [0.2, 0.25) is 0 Å². The number of hydrogen-bond donors (Lipinski definition) is 3. The van der Waals surface area contributed by atoms with Crippen LogP contribution in [0, 0.1) is 15.2 Å². The third-order valence-electron chi connectivity index (χ3n) is 3.32. The molecule has 0 fully saturated rings. The zero-order chi connectivity index (χ0) is 19.1. The van der Waals surface area contributed by atoms with Crippen molar-refractivity contribution in [2.45, 2.75) is 12.8 Å². The molecule has 0 atom stereocenters. The molecule has 0 aromatic heterocycles. The molecule has 5 nitrogen and oxygen atoms in total. The van der Waals surface area contributed by atoms with Crippen molar-refractivity contribution in [3.05, 3.63) is 55.6 Å². The molecule has 2 rings (SSSR count). The molecule has 0 spiro atoms. The van der Waals surface area contributed by atoms with E-state index in [-0.39, 0.29) is 34.6 Å². The Morgan fingerprint density at radius 2 is 1.92 bits per heavy atom. The summed E-state index contributed by atoms with van der Waals surface area (Å²) in [5.41, 5.74) is 2.55. The number of unbranched alkanes of at least 4 members (excludes halogenated alkanes) is 1. The van der Waals surface area contributed by atoms with Gasteiger partial charge in [-0.3, -0.25) is 9.63 Å². The van der Waals surface area contributed by atoms with Crippen molar-refractivity contribution in [3.8, 4) is 0 Å². The molecule has 0 radical (unpaired) electrons. The highest BCUT2D eigenvalue weighted by Gasteiger charge is 2.17. The van der Waals surface area contributed by atoms with Crippen LogP contribution in [0.5, 0.6) is 0 Å². The van der Waals surface area contributed by atoms with Crippen LogP contribution in [0.1, 0.15) is 23.2 Å². The summed E-state index contributed by atoms with van der Waals surface area (Å²) < 4.78 is 28.8. The Bertz CT molecular complexity index is 793. The van der Waals surface area contributed by atoms with Crippen molar-refractivity contribution in [3.63, 3.8) is 0 Å². The van der Waals surface area contributed by atoms with E-state index in [1.165, 1.54) is 18.2 Å². The number of benzene rings is 2. The molecule has 0 aliphatic rings. The number of aliphatic hydroxyl groups excluding tert-OH is 1. The van der Waals surface area contributed by atoms with Gasteiger partial charge in [0.1, 0.15) is 11.6 Å². The molecule has 0 bridgehead atoms. The number of halogens is 4. The molecule has 0 heterocycles. The maximum atomic E-state index is 14.1. The first-order valence-corrected chi connectivity index (χ1v) is 9.53. The number of carbonyl (C=O) groups excluding carboxylic acids is 1. The Morgan fingerprint density at radius 3 is 2.62 bits per heavy atom. The normalized spacial score (nSPS) is 10.7. The van der Waals surface area contributed by atoms with Crippen LogP contribution in [0.4, 0.5) is 20.2 Å². The molecule has 140 valence electrons. The van der Waals surface area contributed by atoms with E-state index in [0.29, 0.717) is 16.4 Å². The van der Waals surface area contributed by atoms with Crippen LogP contribution >= 0.6 is 38.5 Å².